The highest BCUT2D eigenvalue weighted by Crippen LogP contribution is 2.37. The summed E-state index contributed by atoms with van der Waals surface area (Å²) in [5, 5.41) is 9.14. The Morgan fingerprint density at radius 3 is 2.70 bits per heavy atom. The number of rotatable bonds is 3. The van der Waals surface area contributed by atoms with Crippen LogP contribution in [0.4, 0.5) is 13.2 Å². The van der Waals surface area contributed by atoms with E-state index in [0.29, 0.717) is 19.4 Å². The third kappa shape index (κ3) is 3.44. The molecule has 1 saturated carbocycles. The molecule has 0 bridgehead atoms. The van der Waals surface area contributed by atoms with E-state index in [9.17, 15) is 13.2 Å². The van der Waals surface area contributed by atoms with Crippen LogP contribution in [-0.2, 0) is 0 Å². The van der Waals surface area contributed by atoms with Gasteiger partial charge in [0, 0.05) is 6.54 Å². The fraction of sp³-hybridized carbons (Fsp3) is 0.929. The predicted octanol–water partition coefficient (Wildman–Crippen LogP) is 2.67. The van der Waals surface area contributed by atoms with Crippen molar-refractivity contribution in [2.75, 3.05) is 19.6 Å². The highest BCUT2D eigenvalue weighted by atomic mass is 19.4. The van der Waals surface area contributed by atoms with Crippen LogP contribution in [0.5, 0.6) is 0 Å². The molecule has 2 aliphatic rings. The molecule has 20 heavy (non-hydrogen) atoms. The summed E-state index contributed by atoms with van der Waals surface area (Å²) in [6, 6.07) is 2.19. The molecule has 3 atom stereocenters. The molecule has 1 aliphatic heterocycles. The molecule has 3 unspecified atom stereocenters. The van der Waals surface area contributed by atoms with Gasteiger partial charge in [-0.3, -0.25) is 0 Å². The van der Waals surface area contributed by atoms with Gasteiger partial charge in [0.05, 0.1) is 12.0 Å². The SMILES string of the molecule is N#CC1(N)CCCC1CCN1CCCC(C(F)(F)F)C1. The van der Waals surface area contributed by atoms with Crippen LogP contribution in [0.1, 0.15) is 38.5 Å². The first-order valence-corrected chi connectivity index (χ1v) is 7.34. The molecule has 2 rings (SSSR count). The smallest absolute Gasteiger partial charge is 0.313 e. The molecule has 2 fully saturated rings. The van der Waals surface area contributed by atoms with E-state index in [4.69, 9.17) is 11.0 Å². The zero-order chi connectivity index (χ0) is 14.8. The minimum absolute atomic E-state index is 0.0976. The Hall–Kier alpha value is -0.800. The zero-order valence-electron chi connectivity index (χ0n) is 11.6. The topological polar surface area (TPSA) is 53.1 Å². The molecule has 114 valence electrons. The van der Waals surface area contributed by atoms with E-state index in [1.54, 1.807) is 0 Å². The van der Waals surface area contributed by atoms with Crippen molar-refractivity contribution in [3.63, 3.8) is 0 Å². The second-order valence-electron chi connectivity index (χ2n) is 6.21. The summed E-state index contributed by atoms with van der Waals surface area (Å²) < 4.78 is 38.2. The van der Waals surface area contributed by atoms with Gasteiger partial charge >= 0.3 is 6.18 Å². The van der Waals surface area contributed by atoms with E-state index in [2.05, 4.69) is 6.07 Å². The first kappa shape index (κ1) is 15.6. The van der Waals surface area contributed by atoms with Crippen molar-refractivity contribution in [2.24, 2.45) is 17.6 Å². The van der Waals surface area contributed by atoms with Crippen LogP contribution >= 0.6 is 0 Å². The maximum absolute atomic E-state index is 12.7. The maximum atomic E-state index is 12.7. The Morgan fingerprint density at radius 2 is 2.05 bits per heavy atom. The highest BCUT2D eigenvalue weighted by Gasteiger charge is 2.43. The number of likely N-dealkylation sites (tertiary alicyclic amines) is 1. The third-order valence-corrected chi connectivity index (χ3v) is 4.84. The summed E-state index contributed by atoms with van der Waals surface area (Å²) in [5.74, 6) is -1.07. The summed E-state index contributed by atoms with van der Waals surface area (Å²) in [5.41, 5.74) is 5.29. The Kier molecular flexibility index (Phi) is 4.60. The average Bonchev–Trinajstić information content (AvgIpc) is 2.78. The number of nitrogens with zero attached hydrogens (tertiary/aromatic N) is 2. The molecule has 0 aromatic carbocycles. The molecule has 0 spiro atoms. The molecule has 1 aliphatic carbocycles. The zero-order valence-corrected chi connectivity index (χ0v) is 11.6. The molecular weight excluding hydrogens is 267 g/mol. The quantitative estimate of drug-likeness (QED) is 0.869. The molecule has 0 aromatic heterocycles. The van der Waals surface area contributed by atoms with Gasteiger partial charge in [-0.25, -0.2) is 0 Å². The van der Waals surface area contributed by atoms with E-state index < -0.39 is 17.6 Å². The summed E-state index contributed by atoms with van der Waals surface area (Å²) in [7, 11) is 0. The molecule has 1 saturated heterocycles. The number of alkyl halides is 3. The van der Waals surface area contributed by atoms with Crippen LogP contribution in [0.2, 0.25) is 0 Å². The number of hydrogen-bond acceptors (Lipinski definition) is 3. The van der Waals surface area contributed by atoms with E-state index in [-0.39, 0.29) is 18.9 Å². The van der Waals surface area contributed by atoms with Gasteiger partial charge in [0.25, 0.3) is 0 Å². The average molecular weight is 289 g/mol. The molecule has 1 heterocycles. The molecular formula is C14H22F3N3. The minimum Gasteiger partial charge on any atom is -0.313 e. The normalized spacial score (nSPS) is 36.0. The first-order valence-electron chi connectivity index (χ1n) is 7.34. The van der Waals surface area contributed by atoms with Gasteiger partial charge < -0.3 is 10.6 Å². The van der Waals surface area contributed by atoms with E-state index in [1.165, 1.54) is 0 Å². The van der Waals surface area contributed by atoms with Gasteiger partial charge in [-0.05, 0) is 51.1 Å². The van der Waals surface area contributed by atoms with Gasteiger partial charge in [-0.1, -0.05) is 6.42 Å². The van der Waals surface area contributed by atoms with E-state index in [0.717, 1.165) is 25.8 Å². The molecule has 0 amide bonds. The number of nitrogens with two attached hydrogens (primary N) is 1. The van der Waals surface area contributed by atoms with Crippen LogP contribution in [0.15, 0.2) is 0 Å². The maximum Gasteiger partial charge on any atom is 0.393 e. The lowest BCUT2D eigenvalue weighted by atomic mass is 9.86. The van der Waals surface area contributed by atoms with Gasteiger partial charge in [0.2, 0.25) is 0 Å². The van der Waals surface area contributed by atoms with Crippen LogP contribution < -0.4 is 5.73 Å². The van der Waals surface area contributed by atoms with E-state index >= 15 is 0 Å². The lowest BCUT2D eigenvalue weighted by molar-refractivity contribution is -0.186. The second kappa shape index (κ2) is 5.90. The monoisotopic (exact) mass is 289 g/mol. The Morgan fingerprint density at radius 1 is 1.30 bits per heavy atom. The summed E-state index contributed by atoms with van der Waals surface area (Å²) in [4.78, 5) is 1.89. The molecule has 0 aromatic rings. The summed E-state index contributed by atoms with van der Waals surface area (Å²) in [6.07, 6.45) is 0.0497. The highest BCUT2D eigenvalue weighted by molar-refractivity contribution is 5.12. The van der Waals surface area contributed by atoms with Gasteiger partial charge in [-0.15, -0.1) is 0 Å². The van der Waals surface area contributed by atoms with Crippen LogP contribution in [-0.4, -0.2) is 36.2 Å². The first-order chi connectivity index (χ1) is 9.35. The second-order valence-corrected chi connectivity index (χ2v) is 6.21. The fourth-order valence-corrected chi connectivity index (χ4v) is 3.52. The summed E-state index contributed by atoms with van der Waals surface area (Å²) >= 11 is 0. The van der Waals surface area contributed by atoms with Crippen LogP contribution in [0.3, 0.4) is 0 Å². The van der Waals surface area contributed by atoms with Crippen molar-refractivity contribution in [1.82, 2.24) is 4.90 Å². The van der Waals surface area contributed by atoms with Crippen molar-refractivity contribution in [1.29, 1.82) is 5.26 Å². The predicted molar refractivity (Wildman–Crippen MR) is 69.7 cm³/mol. The minimum atomic E-state index is -4.09. The number of halogens is 3. The van der Waals surface area contributed by atoms with Crippen molar-refractivity contribution in [3.8, 4) is 6.07 Å². The molecule has 3 nitrogen and oxygen atoms in total. The van der Waals surface area contributed by atoms with Crippen molar-refractivity contribution in [3.05, 3.63) is 0 Å². The van der Waals surface area contributed by atoms with Crippen molar-refractivity contribution in [2.45, 2.75) is 50.2 Å². The number of nitriles is 1. The van der Waals surface area contributed by atoms with Gasteiger partial charge in [-0.2, -0.15) is 18.4 Å². The van der Waals surface area contributed by atoms with E-state index in [1.807, 2.05) is 4.90 Å². The Balaban J connectivity index is 1.84. The van der Waals surface area contributed by atoms with Crippen molar-refractivity contribution >= 4 is 0 Å². The largest absolute Gasteiger partial charge is 0.393 e. The standard InChI is InChI=1S/C14H22F3N3/c15-14(16,17)12-4-2-7-20(9-12)8-5-11-3-1-6-13(11,19)10-18/h11-12H,1-9,19H2. The lowest BCUT2D eigenvalue weighted by Gasteiger charge is -2.35. The third-order valence-electron chi connectivity index (χ3n) is 4.84. The fourth-order valence-electron chi connectivity index (χ4n) is 3.52. The lowest BCUT2D eigenvalue weighted by Crippen LogP contribution is -2.45. The summed E-state index contributed by atoms with van der Waals surface area (Å²) in [6.45, 7) is 1.45. The Labute approximate surface area is 117 Å². The van der Waals surface area contributed by atoms with Crippen LogP contribution in [0.25, 0.3) is 0 Å². The van der Waals surface area contributed by atoms with Crippen molar-refractivity contribution < 1.29 is 13.2 Å². The molecule has 0 radical (unpaired) electrons. The number of hydrogen-bond donors (Lipinski definition) is 1. The van der Waals surface area contributed by atoms with Gasteiger partial charge in [0.15, 0.2) is 0 Å². The Bertz CT molecular complexity index is 377. The number of piperidine rings is 1. The molecule has 2 N–H and O–H groups in total. The van der Waals surface area contributed by atoms with Gasteiger partial charge in [0.1, 0.15) is 5.54 Å². The van der Waals surface area contributed by atoms with Crippen LogP contribution in [0, 0.1) is 23.2 Å². The molecule has 6 heteroatoms.